The molecule has 0 aromatic heterocycles. The minimum Gasteiger partial charge on any atom is -0.393 e. The van der Waals surface area contributed by atoms with E-state index < -0.39 is 35.5 Å². The highest BCUT2D eigenvalue weighted by molar-refractivity contribution is 5.10. The predicted octanol–water partition coefficient (Wildman–Crippen LogP) is 2.59. The summed E-state index contributed by atoms with van der Waals surface area (Å²) in [5, 5.41) is 42.1. The molecule has 0 aliphatic heterocycles. The number of aliphatic hydroxyl groups excluding tert-OH is 4. The Hall–Kier alpha value is -0.240. The maximum atomic E-state index is 10.5. The molecule has 0 saturated carbocycles. The molecule has 6 heteroatoms. The lowest BCUT2D eigenvalue weighted by molar-refractivity contribution is -0.00389. The molecule has 0 bridgehead atoms. The lowest BCUT2D eigenvalue weighted by Crippen LogP contribution is -2.69. The van der Waals surface area contributed by atoms with E-state index in [2.05, 4.69) is 0 Å². The number of hydrogen-bond donors (Lipinski definition) is 6. The van der Waals surface area contributed by atoms with Crippen LogP contribution in [0.1, 0.15) is 105 Å². The zero-order valence-corrected chi connectivity index (χ0v) is 18.7. The Labute approximate surface area is 172 Å². The van der Waals surface area contributed by atoms with Crippen LogP contribution in [0.25, 0.3) is 0 Å². The molecule has 8 N–H and O–H groups in total. The van der Waals surface area contributed by atoms with Crippen molar-refractivity contribution in [1.82, 2.24) is 0 Å². The minimum atomic E-state index is -1.08. The van der Waals surface area contributed by atoms with Gasteiger partial charge in [0.2, 0.25) is 0 Å². The summed E-state index contributed by atoms with van der Waals surface area (Å²) < 4.78 is 0. The topological polar surface area (TPSA) is 133 Å². The van der Waals surface area contributed by atoms with Crippen LogP contribution < -0.4 is 11.5 Å². The van der Waals surface area contributed by atoms with E-state index in [1.807, 2.05) is 27.7 Å². The van der Waals surface area contributed by atoms with Gasteiger partial charge >= 0.3 is 0 Å². The van der Waals surface area contributed by atoms with Crippen molar-refractivity contribution < 1.29 is 20.4 Å². The zero-order chi connectivity index (χ0) is 21.8. The van der Waals surface area contributed by atoms with Crippen LogP contribution in [-0.2, 0) is 0 Å². The van der Waals surface area contributed by atoms with Crippen molar-refractivity contribution in [2.75, 3.05) is 0 Å². The molecule has 0 heterocycles. The molecule has 0 spiro atoms. The number of aliphatic hydroxyl groups is 4. The number of nitrogens with two attached hydrogens (primary N) is 2. The van der Waals surface area contributed by atoms with Crippen LogP contribution in [0, 0.1) is 0 Å². The summed E-state index contributed by atoms with van der Waals surface area (Å²) in [6.07, 6.45) is 4.19. The second-order valence-electron chi connectivity index (χ2n) is 8.90. The lowest BCUT2D eigenvalue weighted by Gasteiger charge is -2.50. The molecule has 6 nitrogen and oxygen atoms in total. The smallest absolute Gasteiger partial charge is 0.0558 e. The van der Waals surface area contributed by atoms with Crippen LogP contribution in [0.4, 0.5) is 0 Å². The molecule has 0 amide bonds. The van der Waals surface area contributed by atoms with Crippen molar-refractivity contribution in [2.24, 2.45) is 11.5 Å². The third-order valence-corrected chi connectivity index (χ3v) is 5.88. The average molecular weight is 405 g/mol. The molecule has 0 aliphatic carbocycles. The summed E-state index contributed by atoms with van der Waals surface area (Å²) in [6, 6.07) is 0. The van der Waals surface area contributed by atoms with E-state index in [1.165, 1.54) is 0 Å². The standard InChI is InChI=1S/C22H48N2O4/c1-5-9-17(25)13-21(23,14-18(26)10-6-2)22(24,15-19(27)11-7-3)16-20(28)12-8-4/h17-20,25-28H,5-16,23-24H2,1-4H3. The SMILES string of the molecule is CCCC(O)CC(N)(CC(O)CCC)C(N)(CC(O)CCC)CC(O)CCC. The fraction of sp³-hybridized carbons (Fsp3) is 1.00. The van der Waals surface area contributed by atoms with Gasteiger partial charge in [-0.3, -0.25) is 0 Å². The van der Waals surface area contributed by atoms with Crippen molar-refractivity contribution in [2.45, 2.75) is 140 Å². The molecule has 0 aromatic carbocycles. The first-order valence-corrected chi connectivity index (χ1v) is 11.4. The van der Waals surface area contributed by atoms with Gasteiger partial charge in [0.05, 0.1) is 24.4 Å². The molecule has 0 fully saturated rings. The van der Waals surface area contributed by atoms with Gasteiger partial charge in [0.1, 0.15) is 0 Å². The maximum absolute atomic E-state index is 10.5. The van der Waals surface area contributed by atoms with Gasteiger partial charge in [-0.25, -0.2) is 0 Å². The quantitative estimate of drug-likeness (QED) is 0.221. The molecule has 0 radical (unpaired) electrons. The van der Waals surface area contributed by atoms with Crippen LogP contribution in [0.2, 0.25) is 0 Å². The van der Waals surface area contributed by atoms with Crippen molar-refractivity contribution in [1.29, 1.82) is 0 Å². The van der Waals surface area contributed by atoms with Gasteiger partial charge in [0.25, 0.3) is 0 Å². The van der Waals surface area contributed by atoms with E-state index in [9.17, 15) is 20.4 Å². The second kappa shape index (κ2) is 13.9. The molecule has 28 heavy (non-hydrogen) atoms. The number of rotatable bonds is 17. The van der Waals surface area contributed by atoms with E-state index in [0.717, 1.165) is 25.7 Å². The monoisotopic (exact) mass is 404 g/mol. The van der Waals surface area contributed by atoms with Gasteiger partial charge in [-0.1, -0.05) is 53.4 Å². The first kappa shape index (κ1) is 27.8. The molecule has 4 atom stereocenters. The Bertz CT molecular complexity index is 331. The molecular weight excluding hydrogens is 356 g/mol. The Morgan fingerprint density at radius 1 is 0.500 bits per heavy atom. The summed E-state index contributed by atoms with van der Waals surface area (Å²) in [4.78, 5) is 0. The third kappa shape index (κ3) is 9.51. The van der Waals surface area contributed by atoms with Crippen molar-refractivity contribution in [3.05, 3.63) is 0 Å². The minimum absolute atomic E-state index is 0.246. The van der Waals surface area contributed by atoms with Crippen LogP contribution in [0.3, 0.4) is 0 Å². The van der Waals surface area contributed by atoms with Crippen LogP contribution >= 0.6 is 0 Å². The molecule has 0 aliphatic rings. The van der Waals surface area contributed by atoms with Crippen LogP contribution in [-0.4, -0.2) is 55.9 Å². The van der Waals surface area contributed by atoms with E-state index in [1.54, 1.807) is 0 Å². The van der Waals surface area contributed by atoms with E-state index in [-0.39, 0.29) is 25.7 Å². The first-order valence-electron chi connectivity index (χ1n) is 11.4. The van der Waals surface area contributed by atoms with Crippen molar-refractivity contribution in [3.63, 3.8) is 0 Å². The fourth-order valence-corrected chi connectivity index (χ4v) is 4.40. The van der Waals surface area contributed by atoms with Gasteiger partial charge in [0.15, 0.2) is 0 Å². The summed E-state index contributed by atoms with van der Waals surface area (Å²) in [5.41, 5.74) is 11.6. The Balaban J connectivity index is 5.84. The highest BCUT2D eigenvalue weighted by atomic mass is 16.3. The van der Waals surface area contributed by atoms with Crippen LogP contribution in [0.15, 0.2) is 0 Å². The molecular formula is C22H48N2O4. The summed E-state index contributed by atoms with van der Waals surface area (Å²) >= 11 is 0. The summed E-state index contributed by atoms with van der Waals surface area (Å²) in [6.45, 7) is 8.00. The lowest BCUT2D eigenvalue weighted by atomic mass is 9.65. The van der Waals surface area contributed by atoms with Crippen LogP contribution in [0.5, 0.6) is 0 Å². The molecule has 0 aromatic rings. The molecule has 0 rings (SSSR count). The van der Waals surface area contributed by atoms with E-state index >= 15 is 0 Å². The normalized spacial score (nSPS) is 20.8. The summed E-state index contributed by atoms with van der Waals surface area (Å²) in [7, 11) is 0. The highest BCUT2D eigenvalue weighted by Gasteiger charge is 2.49. The van der Waals surface area contributed by atoms with Crippen molar-refractivity contribution >= 4 is 0 Å². The van der Waals surface area contributed by atoms with Gasteiger partial charge < -0.3 is 31.9 Å². The van der Waals surface area contributed by atoms with E-state index in [0.29, 0.717) is 25.7 Å². The maximum Gasteiger partial charge on any atom is 0.0558 e. The third-order valence-electron chi connectivity index (χ3n) is 5.88. The number of hydrogen-bond acceptors (Lipinski definition) is 6. The van der Waals surface area contributed by atoms with Crippen molar-refractivity contribution in [3.8, 4) is 0 Å². The Morgan fingerprint density at radius 3 is 0.821 bits per heavy atom. The molecule has 170 valence electrons. The average Bonchev–Trinajstić information content (AvgIpc) is 2.54. The van der Waals surface area contributed by atoms with E-state index in [4.69, 9.17) is 11.5 Å². The Morgan fingerprint density at radius 2 is 0.679 bits per heavy atom. The highest BCUT2D eigenvalue weighted by Crippen LogP contribution is 2.37. The van der Waals surface area contributed by atoms with Gasteiger partial charge in [0, 0.05) is 11.1 Å². The summed E-state index contributed by atoms with van der Waals surface area (Å²) in [5.74, 6) is 0. The van der Waals surface area contributed by atoms with Gasteiger partial charge in [-0.2, -0.15) is 0 Å². The van der Waals surface area contributed by atoms with Gasteiger partial charge in [-0.15, -0.1) is 0 Å². The zero-order valence-electron chi connectivity index (χ0n) is 18.7. The first-order chi connectivity index (χ1) is 13.1. The van der Waals surface area contributed by atoms with Gasteiger partial charge in [-0.05, 0) is 51.4 Å². The fourth-order valence-electron chi connectivity index (χ4n) is 4.40. The molecule has 4 unspecified atom stereocenters. The second-order valence-corrected chi connectivity index (χ2v) is 8.90. The Kier molecular flexibility index (Phi) is 13.8. The largest absolute Gasteiger partial charge is 0.393 e. The molecule has 0 saturated heterocycles. The predicted molar refractivity (Wildman–Crippen MR) is 116 cm³/mol.